The normalized spacial score (nSPS) is 14.4. The Morgan fingerprint density at radius 2 is 1.94 bits per heavy atom. The highest BCUT2D eigenvalue weighted by molar-refractivity contribution is 8.33. The lowest BCUT2D eigenvalue weighted by Crippen LogP contribution is -2.50. The Hall–Kier alpha value is -0.0100. The first-order chi connectivity index (χ1) is 7.94. The van der Waals surface area contributed by atoms with Crippen molar-refractivity contribution in [3.05, 3.63) is 0 Å². The van der Waals surface area contributed by atoms with Gasteiger partial charge in [-0.3, -0.25) is 10.5 Å². The Morgan fingerprint density at radius 3 is 2.47 bits per heavy atom. The maximum Gasteiger partial charge on any atom is 0.243 e. The molecule has 0 spiro atoms. The van der Waals surface area contributed by atoms with Crippen LogP contribution in [0.2, 0.25) is 0 Å². The lowest BCUT2D eigenvalue weighted by Gasteiger charge is -2.17. The van der Waals surface area contributed by atoms with Crippen molar-refractivity contribution in [3.8, 4) is 0 Å². The van der Waals surface area contributed by atoms with Crippen LogP contribution in [0.1, 0.15) is 45.4 Å². The molecular formula is C11H21NO3S2. The minimum atomic E-state index is -2.18. The molecule has 0 aliphatic carbocycles. The van der Waals surface area contributed by atoms with Crippen molar-refractivity contribution in [1.29, 1.82) is 0 Å². The number of hydrogen-bond acceptors (Lipinski definition) is 6. The van der Waals surface area contributed by atoms with Gasteiger partial charge in [0, 0.05) is 0 Å². The van der Waals surface area contributed by atoms with E-state index < -0.39 is 17.4 Å². The SMILES string of the molecule is CCCCCCCC(=S)SC(=O)C(N)(O)CO. The van der Waals surface area contributed by atoms with Crippen molar-refractivity contribution in [1.82, 2.24) is 0 Å². The summed E-state index contributed by atoms with van der Waals surface area (Å²) in [4.78, 5) is 11.4. The highest BCUT2D eigenvalue weighted by atomic mass is 32.2. The molecule has 0 radical (unpaired) electrons. The molecule has 0 rings (SSSR count). The third-order valence-electron chi connectivity index (χ3n) is 2.29. The molecule has 1 atom stereocenters. The molecule has 0 fully saturated rings. The number of carbonyl (C=O) groups is 1. The lowest BCUT2D eigenvalue weighted by atomic mass is 10.1. The quantitative estimate of drug-likeness (QED) is 0.355. The van der Waals surface area contributed by atoms with Gasteiger partial charge < -0.3 is 10.2 Å². The number of nitrogens with two attached hydrogens (primary N) is 1. The van der Waals surface area contributed by atoms with E-state index in [-0.39, 0.29) is 0 Å². The number of rotatable bonds is 8. The van der Waals surface area contributed by atoms with Crippen LogP contribution < -0.4 is 5.73 Å². The van der Waals surface area contributed by atoms with Crippen LogP contribution in [-0.4, -0.2) is 31.9 Å². The summed E-state index contributed by atoms with van der Waals surface area (Å²) in [6.45, 7) is 1.36. The molecule has 100 valence electrons. The molecule has 1 unspecified atom stereocenters. The Bertz CT molecular complexity index is 257. The summed E-state index contributed by atoms with van der Waals surface area (Å²) >= 11 is 5.77. The fraction of sp³-hybridized carbons (Fsp3) is 0.818. The molecule has 0 amide bonds. The van der Waals surface area contributed by atoms with Crippen LogP contribution in [0.5, 0.6) is 0 Å². The standard InChI is InChI=1S/C11H21NO3S2/c1-2-3-4-5-6-7-9(16)17-10(14)11(12,15)8-13/h13,15H,2-8,12H2,1H3. The van der Waals surface area contributed by atoms with Crippen LogP contribution in [0.25, 0.3) is 0 Å². The molecule has 4 nitrogen and oxygen atoms in total. The van der Waals surface area contributed by atoms with E-state index in [2.05, 4.69) is 6.92 Å². The van der Waals surface area contributed by atoms with Crippen LogP contribution >= 0.6 is 24.0 Å². The zero-order chi connectivity index (χ0) is 13.3. The van der Waals surface area contributed by atoms with Gasteiger partial charge in [0.05, 0.1) is 10.8 Å². The second-order valence-electron chi connectivity index (χ2n) is 4.01. The van der Waals surface area contributed by atoms with Crippen molar-refractivity contribution in [2.45, 2.75) is 51.2 Å². The number of carbonyl (C=O) groups excluding carboxylic acids is 1. The van der Waals surface area contributed by atoms with E-state index in [1.807, 2.05) is 0 Å². The largest absolute Gasteiger partial charge is 0.391 e. The predicted octanol–water partition coefficient (Wildman–Crippen LogP) is 1.57. The first kappa shape index (κ1) is 17.0. The van der Waals surface area contributed by atoms with E-state index in [0.717, 1.165) is 24.6 Å². The Kier molecular flexibility index (Phi) is 8.99. The first-order valence-corrected chi connectivity index (χ1v) is 7.03. The molecule has 0 aliphatic rings. The van der Waals surface area contributed by atoms with Crippen LogP contribution in [0, 0.1) is 0 Å². The average molecular weight is 279 g/mol. The van der Waals surface area contributed by atoms with Crippen LogP contribution in [-0.2, 0) is 4.79 Å². The minimum Gasteiger partial charge on any atom is -0.391 e. The van der Waals surface area contributed by atoms with Crippen LogP contribution in [0.4, 0.5) is 0 Å². The van der Waals surface area contributed by atoms with Crippen molar-refractivity contribution in [3.63, 3.8) is 0 Å². The molecule has 17 heavy (non-hydrogen) atoms. The molecule has 0 aromatic carbocycles. The third-order valence-corrected chi connectivity index (χ3v) is 3.71. The predicted molar refractivity (Wildman–Crippen MR) is 74.8 cm³/mol. The van der Waals surface area contributed by atoms with E-state index in [1.165, 1.54) is 19.3 Å². The van der Waals surface area contributed by atoms with Crippen molar-refractivity contribution in [2.75, 3.05) is 6.61 Å². The van der Waals surface area contributed by atoms with Gasteiger partial charge in [-0.2, -0.15) is 0 Å². The topological polar surface area (TPSA) is 83.6 Å². The monoisotopic (exact) mass is 279 g/mol. The molecule has 6 heteroatoms. The average Bonchev–Trinajstić information content (AvgIpc) is 2.28. The second-order valence-corrected chi connectivity index (χ2v) is 5.83. The zero-order valence-electron chi connectivity index (χ0n) is 10.1. The van der Waals surface area contributed by atoms with Crippen molar-refractivity contribution < 1.29 is 15.0 Å². The summed E-state index contributed by atoms with van der Waals surface area (Å²) < 4.78 is 0.517. The highest BCUT2D eigenvalue weighted by Gasteiger charge is 2.31. The maximum atomic E-state index is 11.4. The van der Waals surface area contributed by atoms with E-state index in [1.54, 1.807) is 0 Å². The smallest absolute Gasteiger partial charge is 0.243 e. The number of thioether (sulfide) groups is 1. The summed E-state index contributed by atoms with van der Waals surface area (Å²) in [6.07, 6.45) is 6.28. The molecule has 0 aromatic heterocycles. The van der Waals surface area contributed by atoms with E-state index in [4.69, 9.17) is 23.1 Å². The van der Waals surface area contributed by atoms with Gasteiger partial charge in [-0.1, -0.05) is 44.8 Å². The van der Waals surface area contributed by atoms with Gasteiger partial charge in [0.2, 0.25) is 10.8 Å². The van der Waals surface area contributed by atoms with Crippen LogP contribution in [0.3, 0.4) is 0 Å². The van der Waals surface area contributed by atoms with Gasteiger partial charge in [-0.05, 0) is 24.6 Å². The van der Waals surface area contributed by atoms with Gasteiger partial charge >= 0.3 is 0 Å². The number of aliphatic hydroxyl groups excluding tert-OH is 1. The van der Waals surface area contributed by atoms with Gasteiger partial charge in [0.1, 0.15) is 0 Å². The summed E-state index contributed by atoms with van der Waals surface area (Å²) in [5.41, 5.74) is 2.99. The van der Waals surface area contributed by atoms with Gasteiger partial charge in [-0.25, -0.2) is 0 Å². The van der Waals surface area contributed by atoms with Gasteiger partial charge in [-0.15, -0.1) is 0 Å². The Morgan fingerprint density at radius 1 is 1.35 bits per heavy atom. The Labute approximate surface area is 112 Å². The molecular weight excluding hydrogens is 258 g/mol. The molecule has 0 aromatic rings. The van der Waals surface area contributed by atoms with Gasteiger partial charge in [0.15, 0.2) is 0 Å². The van der Waals surface area contributed by atoms with E-state index >= 15 is 0 Å². The van der Waals surface area contributed by atoms with Crippen molar-refractivity contribution in [2.24, 2.45) is 5.73 Å². The summed E-state index contributed by atoms with van der Waals surface area (Å²) in [6, 6.07) is 0. The lowest BCUT2D eigenvalue weighted by molar-refractivity contribution is -0.131. The van der Waals surface area contributed by atoms with Crippen molar-refractivity contribution >= 4 is 33.3 Å². The highest BCUT2D eigenvalue weighted by Crippen LogP contribution is 2.18. The summed E-state index contributed by atoms with van der Waals surface area (Å²) in [5, 5.41) is 17.3. The van der Waals surface area contributed by atoms with Crippen LogP contribution in [0.15, 0.2) is 0 Å². The number of aliphatic hydroxyl groups is 2. The molecule has 4 N–H and O–H groups in total. The van der Waals surface area contributed by atoms with E-state index in [9.17, 15) is 9.90 Å². The molecule has 0 bridgehead atoms. The first-order valence-electron chi connectivity index (χ1n) is 5.81. The number of hydrogen-bond donors (Lipinski definition) is 3. The minimum absolute atomic E-state index is 0.517. The maximum absolute atomic E-state index is 11.4. The van der Waals surface area contributed by atoms with Gasteiger partial charge in [0.25, 0.3) is 0 Å². The Balaban J connectivity index is 3.76. The summed E-state index contributed by atoms with van der Waals surface area (Å²) in [7, 11) is 0. The molecule has 0 aliphatic heterocycles. The molecule has 0 saturated carbocycles. The van der Waals surface area contributed by atoms with E-state index in [0.29, 0.717) is 10.6 Å². The second kappa shape index (κ2) is 8.99. The number of unbranched alkanes of at least 4 members (excludes halogenated alkanes) is 4. The molecule has 0 heterocycles. The fourth-order valence-electron chi connectivity index (χ4n) is 1.18. The zero-order valence-corrected chi connectivity index (χ0v) is 11.8. The summed E-state index contributed by atoms with van der Waals surface area (Å²) in [5.74, 6) is 0. The fourth-order valence-corrected chi connectivity index (χ4v) is 2.25. The molecule has 0 saturated heterocycles. The third kappa shape index (κ3) is 7.83. The number of thiocarbonyl (C=S) groups is 1.